The summed E-state index contributed by atoms with van der Waals surface area (Å²) in [6, 6.07) is 4.99. The van der Waals surface area contributed by atoms with E-state index in [-0.39, 0.29) is 10.5 Å². The zero-order valence-corrected chi connectivity index (χ0v) is 20.9. The molecule has 3 rings (SSSR count). The lowest BCUT2D eigenvalue weighted by atomic mass is 9.72. The van der Waals surface area contributed by atoms with Gasteiger partial charge in [0.1, 0.15) is 5.00 Å². The molecule has 0 radical (unpaired) electrons. The van der Waals surface area contributed by atoms with E-state index >= 15 is 0 Å². The van der Waals surface area contributed by atoms with Gasteiger partial charge in [0.15, 0.2) is 5.11 Å². The highest BCUT2D eigenvalue weighted by Gasteiger charge is 2.33. The molecule has 2 aromatic rings. The van der Waals surface area contributed by atoms with E-state index < -0.39 is 11.8 Å². The third-order valence-corrected chi connectivity index (χ3v) is 7.56. The first-order chi connectivity index (χ1) is 14.0. The molecular weight excluding hydrogens is 506 g/mol. The van der Waals surface area contributed by atoms with Crippen molar-refractivity contribution in [1.29, 1.82) is 0 Å². The molecule has 9 heteroatoms. The Labute approximate surface area is 198 Å². The second kappa shape index (κ2) is 8.94. The normalized spacial score (nSPS) is 16.0. The zero-order chi connectivity index (χ0) is 22.2. The highest BCUT2D eigenvalue weighted by Crippen LogP contribution is 2.44. The standard InChI is InChI=1S/C21H23BrClN3O2S2/c1-21(2,3)10-4-6-12-15(8-10)30-19(16(12)17(24)27)26-20(29)25-18(28)13-9-11(22)5-7-14(13)23/h5,7,9-10H,4,6,8H2,1-3H3,(H2,24,27)(H2,25,26,28,29)/t10-/m0/s1. The average molecular weight is 529 g/mol. The zero-order valence-electron chi connectivity index (χ0n) is 16.9. The number of rotatable bonds is 3. The highest BCUT2D eigenvalue weighted by molar-refractivity contribution is 9.10. The van der Waals surface area contributed by atoms with Crippen LogP contribution < -0.4 is 16.4 Å². The van der Waals surface area contributed by atoms with Crippen molar-refractivity contribution in [3.05, 3.63) is 49.3 Å². The van der Waals surface area contributed by atoms with Crippen molar-refractivity contribution in [3.8, 4) is 0 Å². The van der Waals surface area contributed by atoms with Crippen LogP contribution in [-0.2, 0) is 12.8 Å². The Kier molecular flexibility index (Phi) is 6.91. The smallest absolute Gasteiger partial charge is 0.258 e. The van der Waals surface area contributed by atoms with Gasteiger partial charge in [0.2, 0.25) is 0 Å². The topological polar surface area (TPSA) is 84.2 Å². The summed E-state index contributed by atoms with van der Waals surface area (Å²) >= 11 is 16.2. The lowest BCUT2D eigenvalue weighted by molar-refractivity contribution is 0.0975. The van der Waals surface area contributed by atoms with Crippen molar-refractivity contribution < 1.29 is 9.59 Å². The fourth-order valence-corrected chi connectivity index (χ4v) is 5.81. The van der Waals surface area contributed by atoms with E-state index in [1.807, 2.05) is 0 Å². The number of benzene rings is 1. The van der Waals surface area contributed by atoms with E-state index in [1.54, 1.807) is 18.2 Å². The minimum absolute atomic E-state index is 0.0875. The Balaban J connectivity index is 1.80. The molecule has 30 heavy (non-hydrogen) atoms. The molecule has 160 valence electrons. The van der Waals surface area contributed by atoms with Gasteiger partial charge in [-0.05, 0) is 66.6 Å². The number of thiocarbonyl (C=S) groups is 1. The number of amides is 2. The van der Waals surface area contributed by atoms with Crippen LogP contribution in [0, 0.1) is 11.3 Å². The summed E-state index contributed by atoms with van der Waals surface area (Å²) in [6.45, 7) is 6.71. The molecule has 0 aliphatic heterocycles. The molecule has 0 bridgehead atoms. The summed E-state index contributed by atoms with van der Waals surface area (Å²) in [5.74, 6) is -0.399. The van der Waals surface area contributed by atoms with Gasteiger partial charge < -0.3 is 11.1 Å². The van der Waals surface area contributed by atoms with Crippen LogP contribution in [0.2, 0.25) is 5.02 Å². The number of halogens is 2. The maximum atomic E-state index is 12.6. The molecular formula is C21H23BrClN3O2S2. The van der Waals surface area contributed by atoms with Gasteiger partial charge in [-0.25, -0.2) is 0 Å². The number of carbonyl (C=O) groups excluding carboxylic acids is 2. The van der Waals surface area contributed by atoms with Crippen molar-refractivity contribution in [2.45, 2.75) is 40.0 Å². The van der Waals surface area contributed by atoms with E-state index in [0.717, 1.165) is 34.2 Å². The van der Waals surface area contributed by atoms with Gasteiger partial charge in [-0.15, -0.1) is 11.3 Å². The van der Waals surface area contributed by atoms with E-state index in [0.29, 0.717) is 27.1 Å². The molecule has 4 N–H and O–H groups in total. The number of thiophene rings is 1. The first-order valence-electron chi connectivity index (χ1n) is 9.49. The van der Waals surface area contributed by atoms with Crippen LogP contribution >= 0.6 is 51.1 Å². The van der Waals surface area contributed by atoms with Gasteiger partial charge in [-0.3, -0.25) is 14.9 Å². The van der Waals surface area contributed by atoms with Gasteiger partial charge in [-0.2, -0.15) is 0 Å². The summed E-state index contributed by atoms with van der Waals surface area (Å²) in [4.78, 5) is 25.9. The van der Waals surface area contributed by atoms with Crippen LogP contribution in [0.1, 0.15) is 58.3 Å². The van der Waals surface area contributed by atoms with Gasteiger partial charge in [0, 0.05) is 9.35 Å². The van der Waals surface area contributed by atoms with Crippen molar-refractivity contribution >= 4 is 73.0 Å². The fraction of sp³-hybridized carbons (Fsp3) is 0.381. The maximum absolute atomic E-state index is 12.6. The lowest BCUT2D eigenvalue weighted by Gasteiger charge is -2.33. The van der Waals surface area contributed by atoms with Gasteiger partial charge in [0.25, 0.3) is 11.8 Å². The Hall–Kier alpha value is -1.48. The fourth-order valence-electron chi connectivity index (χ4n) is 3.65. The molecule has 5 nitrogen and oxygen atoms in total. The lowest BCUT2D eigenvalue weighted by Crippen LogP contribution is -2.34. The number of anilines is 1. The van der Waals surface area contributed by atoms with E-state index in [4.69, 9.17) is 29.6 Å². The first kappa shape index (κ1) is 23.2. The van der Waals surface area contributed by atoms with Crippen LogP contribution in [0.4, 0.5) is 5.00 Å². The maximum Gasteiger partial charge on any atom is 0.258 e. The number of fused-ring (bicyclic) bond motifs is 1. The number of carbonyl (C=O) groups is 2. The SMILES string of the molecule is CC(C)(C)[C@H]1CCc2c(sc(NC(=S)NC(=O)c3cc(Br)ccc3Cl)c2C(N)=O)C1. The number of nitrogens with two attached hydrogens (primary N) is 1. The van der Waals surface area contributed by atoms with E-state index in [1.165, 1.54) is 11.3 Å². The molecule has 1 aromatic carbocycles. The van der Waals surface area contributed by atoms with Gasteiger partial charge in [0.05, 0.1) is 16.1 Å². The molecule has 0 unspecified atom stereocenters. The number of hydrogen-bond acceptors (Lipinski definition) is 4. The van der Waals surface area contributed by atoms with Crippen LogP contribution in [-0.4, -0.2) is 16.9 Å². The van der Waals surface area contributed by atoms with E-state index in [9.17, 15) is 9.59 Å². The van der Waals surface area contributed by atoms with Crippen LogP contribution in [0.15, 0.2) is 22.7 Å². The molecule has 1 aliphatic rings. The van der Waals surface area contributed by atoms with Crippen LogP contribution in [0.25, 0.3) is 0 Å². The summed E-state index contributed by atoms with van der Waals surface area (Å²) in [6.07, 6.45) is 2.72. The number of primary amides is 1. The van der Waals surface area contributed by atoms with Gasteiger partial charge >= 0.3 is 0 Å². The van der Waals surface area contributed by atoms with Gasteiger partial charge in [-0.1, -0.05) is 48.3 Å². The summed E-state index contributed by atoms with van der Waals surface area (Å²) in [5, 5.41) is 6.60. The molecule has 1 aromatic heterocycles. The van der Waals surface area contributed by atoms with Crippen molar-refractivity contribution in [1.82, 2.24) is 5.32 Å². The third kappa shape index (κ3) is 5.04. The minimum Gasteiger partial charge on any atom is -0.365 e. The molecule has 1 atom stereocenters. The quantitative estimate of drug-likeness (QED) is 0.457. The number of hydrogen-bond donors (Lipinski definition) is 3. The summed E-state index contributed by atoms with van der Waals surface area (Å²) < 4.78 is 0.728. The molecule has 0 saturated carbocycles. The Morgan fingerprint density at radius 1 is 1.33 bits per heavy atom. The minimum atomic E-state index is -0.492. The molecule has 0 saturated heterocycles. The Morgan fingerprint density at radius 3 is 2.67 bits per heavy atom. The van der Waals surface area contributed by atoms with Crippen molar-refractivity contribution in [2.75, 3.05) is 5.32 Å². The average Bonchev–Trinajstić information content (AvgIpc) is 2.99. The predicted molar refractivity (Wildman–Crippen MR) is 131 cm³/mol. The molecule has 2 amide bonds. The van der Waals surface area contributed by atoms with Crippen molar-refractivity contribution in [2.24, 2.45) is 17.1 Å². The summed E-state index contributed by atoms with van der Waals surface area (Å²) in [7, 11) is 0. The Bertz CT molecular complexity index is 1030. The van der Waals surface area contributed by atoms with E-state index in [2.05, 4.69) is 47.3 Å². The highest BCUT2D eigenvalue weighted by atomic mass is 79.9. The molecule has 1 aliphatic carbocycles. The van der Waals surface area contributed by atoms with Crippen LogP contribution in [0.5, 0.6) is 0 Å². The second-order valence-electron chi connectivity index (χ2n) is 8.41. The first-order valence-corrected chi connectivity index (χ1v) is 11.9. The summed E-state index contributed by atoms with van der Waals surface area (Å²) in [5.41, 5.74) is 7.64. The number of nitrogens with one attached hydrogen (secondary N) is 2. The second-order valence-corrected chi connectivity index (χ2v) is 11.2. The van der Waals surface area contributed by atoms with Crippen LogP contribution in [0.3, 0.4) is 0 Å². The monoisotopic (exact) mass is 527 g/mol. The predicted octanol–water partition coefficient (Wildman–Crippen LogP) is 5.54. The molecule has 1 heterocycles. The molecule has 0 spiro atoms. The Morgan fingerprint density at radius 2 is 2.03 bits per heavy atom. The van der Waals surface area contributed by atoms with Crippen molar-refractivity contribution in [3.63, 3.8) is 0 Å². The largest absolute Gasteiger partial charge is 0.365 e. The molecule has 0 fully saturated rings. The third-order valence-electron chi connectivity index (χ3n) is 5.36.